The summed E-state index contributed by atoms with van der Waals surface area (Å²) in [5.41, 5.74) is 1.30. The largest absolute Gasteiger partial charge is 0.504 e. The first-order valence-electron chi connectivity index (χ1n) is 5.10. The molecule has 0 aliphatic carbocycles. The summed E-state index contributed by atoms with van der Waals surface area (Å²) in [7, 11) is 1.67. The molecule has 0 atom stereocenters. The maximum absolute atomic E-state index is 10.1. The Morgan fingerprint density at radius 2 is 2.07 bits per heavy atom. The highest BCUT2D eigenvalue weighted by Crippen LogP contribution is 2.14. The highest BCUT2D eigenvalue weighted by Gasteiger charge is 1.97. The van der Waals surface area contributed by atoms with Crippen molar-refractivity contribution in [1.29, 1.82) is 0 Å². The van der Waals surface area contributed by atoms with E-state index in [2.05, 4.69) is 6.58 Å². The smallest absolute Gasteiger partial charge is 0.119 e. The van der Waals surface area contributed by atoms with E-state index in [0.29, 0.717) is 6.42 Å². The summed E-state index contributed by atoms with van der Waals surface area (Å²) >= 11 is 0. The number of allylic oxidation sites excluding steroid dienone is 2. The highest BCUT2D eigenvalue weighted by atomic mass is 16.5. The van der Waals surface area contributed by atoms with Crippen LogP contribution in [-0.2, 0) is 9.53 Å². The predicted octanol–water partition coefficient (Wildman–Crippen LogP) is 3.24. The maximum Gasteiger partial charge on any atom is 0.119 e. The van der Waals surface area contributed by atoms with Crippen molar-refractivity contribution in [2.24, 2.45) is 0 Å². The molecular formula is C12H20O2. The van der Waals surface area contributed by atoms with Crippen LogP contribution in [-0.4, -0.2) is 13.4 Å². The monoisotopic (exact) mass is 196 g/mol. The summed E-state index contributed by atoms with van der Waals surface area (Å²) in [5, 5.41) is 0. The first-order chi connectivity index (χ1) is 6.85. The molecule has 0 saturated carbocycles. The lowest BCUT2D eigenvalue weighted by molar-refractivity contribution is -0.107. The number of unbranched alkanes of at least 4 members (excludes halogenated alkanes) is 2. The van der Waals surface area contributed by atoms with Crippen LogP contribution in [0.25, 0.3) is 0 Å². The van der Waals surface area contributed by atoms with Gasteiger partial charge in [-0.05, 0) is 37.7 Å². The summed E-state index contributed by atoms with van der Waals surface area (Å²) in [6.07, 6.45) is 10.4. The van der Waals surface area contributed by atoms with Crippen LogP contribution in [0.5, 0.6) is 0 Å². The fraction of sp³-hybridized carbons (Fsp3) is 0.583. The van der Waals surface area contributed by atoms with Gasteiger partial charge in [0.25, 0.3) is 0 Å². The van der Waals surface area contributed by atoms with Crippen molar-refractivity contribution in [2.45, 2.75) is 38.5 Å². The van der Waals surface area contributed by atoms with Crippen LogP contribution in [0, 0.1) is 0 Å². The van der Waals surface area contributed by atoms with Gasteiger partial charge >= 0.3 is 0 Å². The van der Waals surface area contributed by atoms with E-state index in [0.717, 1.165) is 38.4 Å². The molecule has 0 bridgehead atoms. The molecule has 0 aromatic heterocycles. The first kappa shape index (κ1) is 12.9. The number of aldehydes is 1. The van der Waals surface area contributed by atoms with Gasteiger partial charge in [-0.3, -0.25) is 0 Å². The van der Waals surface area contributed by atoms with Crippen molar-refractivity contribution in [3.8, 4) is 0 Å². The van der Waals surface area contributed by atoms with E-state index < -0.39 is 0 Å². The van der Waals surface area contributed by atoms with Crippen LogP contribution >= 0.6 is 0 Å². The SMILES string of the molecule is C=CCC/C(=C\OC)CCCCC=O. The minimum atomic E-state index is 0.668. The van der Waals surface area contributed by atoms with Gasteiger partial charge in [0.05, 0.1) is 13.4 Å². The topological polar surface area (TPSA) is 26.3 Å². The van der Waals surface area contributed by atoms with E-state index in [1.165, 1.54) is 5.57 Å². The second kappa shape index (κ2) is 10.0. The molecule has 0 unspecified atom stereocenters. The van der Waals surface area contributed by atoms with Crippen LogP contribution in [0.3, 0.4) is 0 Å². The number of ether oxygens (including phenoxy) is 1. The van der Waals surface area contributed by atoms with E-state index in [-0.39, 0.29) is 0 Å². The van der Waals surface area contributed by atoms with Gasteiger partial charge in [0.15, 0.2) is 0 Å². The van der Waals surface area contributed by atoms with Crippen molar-refractivity contribution in [1.82, 2.24) is 0 Å². The molecule has 0 aromatic rings. The number of carbonyl (C=O) groups is 1. The molecule has 2 nitrogen and oxygen atoms in total. The van der Waals surface area contributed by atoms with E-state index in [4.69, 9.17) is 4.74 Å². The third-order valence-corrected chi connectivity index (χ3v) is 2.02. The molecule has 0 N–H and O–H groups in total. The standard InChI is InChI=1S/C12H20O2/c1-3-4-8-12(11-14-2)9-6-5-7-10-13/h3,10-11H,1,4-9H2,2H3/b12-11+. The quantitative estimate of drug-likeness (QED) is 0.245. The summed E-state index contributed by atoms with van der Waals surface area (Å²) < 4.78 is 4.99. The average Bonchev–Trinajstić information content (AvgIpc) is 2.20. The number of methoxy groups -OCH3 is 1. The zero-order valence-corrected chi connectivity index (χ0v) is 9.00. The number of hydrogen-bond acceptors (Lipinski definition) is 2. The lowest BCUT2D eigenvalue weighted by atomic mass is 10.0. The Bertz CT molecular complexity index is 183. The minimum Gasteiger partial charge on any atom is -0.504 e. The highest BCUT2D eigenvalue weighted by molar-refractivity contribution is 5.48. The van der Waals surface area contributed by atoms with Crippen molar-refractivity contribution in [3.05, 3.63) is 24.5 Å². The van der Waals surface area contributed by atoms with Gasteiger partial charge in [0.2, 0.25) is 0 Å². The second-order valence-electron chi connectivity index (χ2n) is 3.25. The van der Waals surface area contributed by atoms with E-state index in [1.54, 1.807) is 7.11 Å². The van der Waals surface area contributed by atoms with E-state index in [1.807, 2.05) is 12.3 Å². The van der Waals surface area contributed by atoms with Crippen molar-refractivity contribution < 1.29 is 9.53 Å². The predicted molar refractivity (Wildman–Crippen MR) is 59.1 cm³/mol. The summed E-state index contributed by atoms with van der Waals surface area (Å²) in [4.78, 5) is 10.1. The second-order valence-corrected chi connectivity index (χ2v) is 3.25. The Hall–Kier alpha value is -1.05. The van der Waals surface area contributed by atoms with Crippen LogP contribution in [0.15, 0.2) is 24.5 Å². The molecular weight excluding hydrogens is 176 g/mol. The van der Waals surface area contributed by atoms with Crippen molar-refractivity contribution in [3.63, 3.8) is 0 Å². The summed E-state index contributed by atoms with van der Waals surface area (Å²) in [6, 6.07) is 0. The molecule has 0 amide bonds. The molecule has 0 fully saturated rings. The van der Waals surface area contributed by atoms with Gasteiger partial charge in [-0.2, -0.15) is 0 Å². The normalized spacial score (nSPS) is 11.1. The van der Waals surface area contributed by atoms with Gasteiger partial charge in [-0.1, -0.05) is 6.08 Å². The third-order valence-electron chi connectivity index (χ3n) is 2.02. The molecule has 2 heteroatoms. The van der Waals surface area contributed by atoms with Crippen LogP contribution in [0.1, 0.15) is 38.5 Å². The Labute approximate surface area is 86.6 Å². The number of carbonyl (C=O) groups excluding carboxylic acids is 1. The van der Waals surface area contributed by atoms with Gasteiger partial charge in [-0.15, -0.1) is 6.58 Å². The number of hydrogen-bond donors (Lipinski definition) is 0. The van der Waals surface area contributed by atoms with Gasteiger partial charge in [-0.25, -0.2) is 0 Å². The molecule has 0 saturated heterocycles. The van der Waals surface area contributed by atoms with Gasteiger partial charge in [0.1, 0.15) is 6.29 Å². The molecule has 0 spiro atoms. The molecule has 0 rings (SSSR count). The van der Waals surface area contributed by atoms with E-state index >= 15 is 0 Å². The third kappa shape index (κ3) is 7.59. The van der Waals surface area contributed by atoms with Crippen molar-refractivity contribution in [2.75, 3.05) is 7.11 Å². The van der Waals surface area contributed by atoms with Gasteiger partial charge < -0.3 is 9.53 Å². The minimum absolute atomic E-state index is 0.668. The Balaban J connectivity index is 3.67. The van der Waals surface area contributed by atoms with Crippen LogP contribution < -0.4 is 0 Å². The molecule has 14 heavy (non-hydrogen) atoms. The summed E-state index contributed by atoms with van der Waals surface area (Å²) in [5.74, 6) is 0. The maximum atomic E-state index is 10.1. The molecule has 0 radical (unpaired) electrons. The zero-order valence-electron chi connectivity index (χ0n) is 9.00. The Morgan fingerprint density at radius 1 is 1.29 bits per heavy atom. The van der Waals surface area contributed by atoms with Crippen LogP contribution in [0.2, 0.25) is 0 Å². The molecule has 0 aromatic carbocycles. The fourth-order valence-electron chi connectivity index (χ4n) is 1.28. The Kier molecular flexibility index (Phi) is 9.28. The molecule has 0 heterocycles. The fourth-order valence-corrected chi connectivity index (χ4v) is 1.28. The van der Waals surface area contributed by atoms with E-state index in [9.17, 15) is 4.79 Å². The lowest BCUT2D eigenvalue weighted by Crippen LogP contribution is -1.87. The number of rotatable bonds is 9. The molecule has 0 aliphatic heterocycles. The lowest BCUT2D eigenvalue weighted by Gasteiger charge is -2.04. The molecule has 0 aliphatic rings. The molecule has 80 valence electrons. The Morgan fingerprint density at radius 3 is 2.64 bits per heavy atom. The van der Waals surface area contributed by atoms with Crippen molar-refractivity contribution >= 4 is 6.29 Å². The zero-order chi connectivity index (χ0) is 10.6. The van der Waals surface area contributed by atoms with Gasteiger partial charge in [0, 0.05) is 6.42 Å². The first-order valence-corrected chi connectivity index (χ1v) is 5.10. The summed E-state index contributed by atoms with van der Waals surface area (Å²) in [6.45, 7) is 3.69. The average molecular weight is 196 g/mol. The van der Waals surface area contributed by atoms with Crippen LogP contribution in [0.4, 0.5) is 0 Å².